The van der Waals surface area contributed by atoms with E-state index < -0.39 is 0 Å². The Morgan fingerprint density at radius 2 is 1.65 bits per heavy atom. The number of pyridine rings is 1. The Morgan fingerprint density at radius 3 is 2.24 bits per heavy atom. The molecule has 3 heterocycles. The van der Waals surface area contributed by atoms with Gasteiger partial charge < -0.3 is 15.2 Å². The molecule has 0 amide bonds. The van der Waals surface area contributed by atoms with E-state index in [1.54, 1.807) is 0 Å². The second kappa shape index (κ2) is 16.0. The van der Waals surface area contributed by atoms with Crippen LogP contribution in [0.1, 0.15) is 94.6 Å². The average Bonchev–Trinajstić information content (AvgIpc) is 3.29. The molecule has 3 aromatic heterocycles. The summed E-state index contributed by atoms with van der Waals surface area (Å²) in [6, 6.07) is 4.73. The van der Waals surface area contributed by atoms with Crippen molar-refractivity contribution in [3.63, 3.8) is 0 Å². The number of anilines is 2. The lowest BCUT2D eigenvalue weighted by molar-refractivity contribution is 0.505. The summed E-state index contributed by atoms with van der Waals surface area (Å²) >= 11 is 0. The van der Waals surface area contributed by atoms with E-state index in [1.807, 2.05) is 58.5 Å². The van der Waals surface area contributed by atoms with Gasteiger partial charge in [-0.1, -0.05) is 48.5 Å². The zero-order valence-electron chi connectivity index (χ0n) is 22.9. The zero-order chi connectivity index (χ0) is 25.5. The van der Waals surface area contributed by atoms with Gasteiger partial charge in [-0.2, -0.15) is 9.97 Å². The van der Waals surface area contributed by atoms with E-state index in [1.165, 1.54) is 12.0 Å². The molecule has 0 saturated carbocycles. The van der Waals surface area contributed by atoms with Gasteiger partial charge in [0.1, 0.15) is 5.52 Å². The Kier molecular flexibility index (Phi) is 13.8. The van der Waals surface area contributed by atoms with Crippen LogP contribution in [0.4, 0.5) is 11.8 Å². The largest absolute Gasteiger partial charge is 0.365 e. The van der Waals surface area contributed by atoms with Gasteiger partial charge in [0.05, 0.1) is 6.33 Å². The van der Waals surface area contributed by atoms with Gasteiger partial charge in [-0.15, -0.1) is 0 Å². The molecule has 1 atom stereocenters. The van der Waals surface area contributed by atoms with Crippen LogP contribution < -0.4 is 10.6 Å². The fraction of sp³-hybridized carbons (Fsp3) is 0.630. The van der Waals surface area contributed by atoms with Crippen molar-refractivity contribution in [3.05, 3.63) is 36.4 Å². The highest BCUT2D eigenvalue weighted by atomic mass is 15.2. The molecule has 0 fully saturated rings. The van der Waals surface area contributed by atoms with Crippen molar-refractivity contribution < 1.29 is 1.43 Å². The predicted octanol–water partition coefficient (Wildman–Crippen LogP) is 7.38. The number of rotatable bonds is 11. The Hall–Kier alpha value is -2.70. The van der Waals surface area contributed by atoms with E-state index >= 15 is 0 Å². The molecule has 0 spiro atoms. The Morgan fingerprint density at radius 1 is 0.971 bits per heavy atom. The summed E-state index contributed by atoms with van der Waals surface area (Å²) in [5.74, 6) is 2.18. The number of aromatic nitrogens is 5. The first kappa shape index (κ1) is 29.3. The van der Waals surface area contributed by atoms with E-state index in [9.17, 15) is 0 Å². The van der Waals surface area contributed by atoms with Crippen LogP contribution in [-0.2, 0) is 6.42 Å². The topological polar surface area (TPSA) is 80.6 Å². The van der Waals surface area contributed by atoms with E-state index in [4.69, 9.17) is 4.98 Å². The molecule has 7 nitrogen and oxygen atoms in total. The molecular weight excluding hydrogens is 422 g/mol. The van der Waals surface area contributed by atoms with Crippen molar-refractivity contribution in [1.29, 1.82) is 0 Å². The number of hydrogen-bond acceptors (Lipinski definition) is 6. The van der Waals surface area contributed by atoms with Gasteiger partial charge in [-0.25, -0.2) is 4.98 Å². The fourth-order valence-corrected chi connectivity index (χ4v) is 3.49. The third-order valence-electron chi connectivity index (χ3n) is 5.36. The molecule has 1 unspecified atom stereocenters. The summed E-state index contributed by atoms with van der Waals surface area (Å²) in [5, 5.41) is 7.07. The van der Waals surface area contributed by atoms with Crippen LogP contribution in [0.5, 0.6) is 0 Å². The van der Waals surface area contributed by atoms with Gasteiger partial charge in [0, 0.05) is 32.4 Å². The van der Waals surface area contributed by atoms with Crippen LogP contribution in [0, 0.1) is 5.92 Å². The molecule has 192 valence electrons. The quantitative estimate of drug-likeness (QED) is 0.303. The number of hydrogen-bond donors (Lipinski definition) is 2. The summed E-state index contributed by atoms with van der Waals surface area (Å²) in [6.07, 6.45) is 9.77. The lowest BCUT2D eigenvalue weighted by atomic mass is 10.0. The summed E-state index contributed by atoms with van der Waals surface area (Å²) in [4.78, 5) is 18.2. The van der Waals surface area contributed by atoms with Crippen molar-refractivity contribution in [1.82, 2.24) is 24.5 Å². The standard InChI is InChI=1S/C23H35N7.2C2H6.H2/c1-6-19(8-7-16(2)3)27-22-20-21(26-15-30(20)17(4)5)28-23(29-22)25-14-11-18-9-12-24-13-10-18;2*1-2;/h9-10,12-13,15-17,19H,6-8,11,14H2,1-5H3,(H2,25,27,28,29);2*1-2H3;1H. The number of fused-ring (bicyclic) bond motifs is 1. The third kappa shape index (κ3) is 8.92. The lowest BCUT2D eigenvalue weighted by Gasteiger charge is -2.21. The molecule has 3 rings (SSSR count). The normalized spacial score (nSPS) is 11.5. The molecule has 3 aromatic rings. The molecule has 0 aliphatic heterocycles. The van der Waals surface area contributed by atoms with E-state index in [0.29, 0.717) is 23.9 Å². The highest BCUT2D eigenvalue weighted by molar-refractivity contribution is 5.84. The minimum Gasteiger partial charge on any atom is -0.365 e. The van der Waals surface area contributed by atoms with Crippen LogP contribution in [0.25, 0.3) is 11.2 Å². The smallest absolute Gasteiger partial charge is 0.226 e. The molecule has 0 aliphatic rings. The predicted molar refractivity (Wildman–Crippen MR) is 149 cm³/mol. The van der Waals surface area contributed by atoms with Crippen molar-refractivity contribution in [2.75, 3.05) is 17.2 Å². The molecule has 0 radical (unpaired) electrons. The molecular formula is C27H49N7. The van der Waals surface area contributed by atoms with Crippen LogP contribution in [0.15, 0.2) is 30.9 Å². The SMILES string of the molecule is CC.CC.CCC(CCC(C)C)Nc1nc(NCCc2ccncc2)nc2ncn(C(C)C)c12.[HH]. The highest BCUT2D eigenvalue weighted by Crippen LogP contribution is 2.26. The number of nitrogens with one attached hydrogen (secondary N) is 2. The maximum absolute atomic E-state index is 4.86. The summed E-state index contributed by atoms with van der Waals surface area (Å²) in [6.45, 7) is 19.8. The summed E-state index contributed by atoms with van der Waals surface area (Å²) < 4.78 is 2.15. The Balaban J connectivity index is 0.00000220. The highest BCUT2D eigenvalue weighted by Gasteiger charge is 2.18. The van der Waals surface area contributed by atoms with Crippen LogP contribution >= 0.6 is 0 Å². The minimum atomic E-state index is 0. The Bertz CT molecular complexity index is 926. The van der Waals surface area contributed by atoms with Crippen molar-refractivity contribution in [2.24, 2.45) is 5.92 Å². The zero-order valence-corrected chi connectivity index (χ0v) is 22.9. The first-order valence-corrected chi connectivity index (χ1v) is 13.1. The van der Waals surface area contributed by atoms with Crippen molar-refractivity contribution >= 4 is 22.9 Å². The van der Waals surface area contributed by atoms with Gasteiger partial charge >= 0.3 is 0 Å². The molecule has 0 bridgehead atoms. The number of nitrogens with zero attached hydrogens (tertiary/aromatic N) is 5. The molecule has 0 aromatic carbocycles. The van der Waals surface area contributed by atoms with Gasteiger partial charge in [0.15, 0.2) is 11.5 Å². The first-order valence-electron chi connectivity index (χ1n) is 13.1. The lowest BCUT2D eigenvalue weighted by Crippen LogP contribution is -2.21. The second-order valence-electron chi connectivity index (χ2n) is 8.57. The van der Waals surface area contributed by atoms with Crippen LogP contribution in [0.2, 0.25) is 0 Å². The molecule has 7 heteroatoms. The first-order chi connectivity index (χ1) is 16.5. The second-order valence-corrected chi connectivity index (χ2v) is 8.57. The van der Waals surface area contributed by atoms with Gasteiger partial charge in [-0.05, 0) is 63.1 Å². The summed E-state index contributed by atoms with van der Waals surface area (Å²) in [5.41, 5.74) is 2.94. The van der Waals surface area contributed by atoms with E-state index in [-0.39, 0.29) is 1.43 Å². The average molecular weight is 472 g/mol. The third-order valence-corrected chi connectivity index (χ3v) is 5.36. The molecule has 34 heavy (non-hydrogen) atoms. The van der Waals surface area contributed by atoms with Crippen molar-refractivity contribution in [2.45, 2.75) is 100 Å². The van der Waals surface area contributed by atoms with Gasteiger partial charge in [0.25, 0.3) is 0 Å². The summed E-state index contributed by atoms with van der Waals surface area (Å²) in [7, 11) is 0. The minimum absolute atomic E-state index is 0. The van der Waals surface area contributed by atoms with E-state index in [2.05, 4.69) is 64.8 Å². The maximum Gasteiger partial charge on any atom is 0.226 e. The van der Waals surface area contributed by atoms with Gasteiger partial charge in [0.2, 0.25) is 5.95 Å². The fourth-order valence-electron chi connectivity index (χ4n) is 3.49. The van der Waals surface area contributed by atoms with E-state index in [0.717, 1.165) is 42.8 Å². The monoisotopic (exact) mass is 471 g/mol. The van der Waals surface area contributed by atoms with Crippen molar-refractivity contribution in [3.8, 4) is 0 Å². The number of imidazole rings is 1. The van der Waals surface area contributed by atoms with Crippen LogP contribution in [-0.4, -0.2) is 37.1 Å². The molecule has 0 aliphatic carbocycles. The van der Waals surface area contributed by atoms with Crippen LogP contribution in [0.3, 0.4) is 0 Å². The molecule has 2 N–H and O–H groups in total. The Labute approximate surface area is 208 Å². The van der Waals surface area contributed by atoms with Gasteiger partial charge in [-0.3, -0.25) is 4.98 Å². The molecule has 0 saturated heterocycles. The maximum atomic E-state index is 4.86.